The van der Waals surface area contributed by atoms with Crippen molar-refractivity contribution in [1.29, 1.82) is 0 Å². The number of hydrogen-bond acceptors (Lipinski definition) is 5. The van der Waals surface area contributed by atoms with Crippen LogP contribution in [0.3, 0.4) is 0 Å². The summed E-state index contributed by atoms with van der Waals surface area (Å²) in [5.74, 6) is 0.501. The molecule has 8 nitrogen and oxygen atoms in total. The van der Waals surface area contributed by atoms with Gasteiger partial charge in [-0.05, 0) is 48.9 Å². The number of anilines is 2. The first-order valence-corrected chi connectivity index (χ1v) is 9.14. The first kappa shape index (κ1) is 18.5. The molecule has 0 spiro atoms. The molecule has 3 aromatic rings. The van der Waals surface area contributed by atoms with Crippen LogP contribution < -0.4 is 20.5 Å². The van der Waals surface area contributed by atoms with Crippen LogP contribution in [0.1, 0.15) is 23.2 Å². The predicted octanol–water partition coefficient (Wildman–Crippen LogP) is 3.02. The zero-order valence-corrected chi connectivity index (χ0v) is 15.7. The quantitative estimate of drug-likeness (QED) is 0.693. The van der Waals surface area contributed by atoms with Crippen LogP contribution in [-0.2, 0) is 4.79 Å². The van der Waals surface area contributed by atoms with Crippen molar-refractivity contribution >= 4 is 23.2 Å². The van der Waals surface area contributed by atoms with Crippen LogP contribution in [0, 0.1) is 0 Å². The second-order valence-electron chi connectivity index (χ2n) is 6.58. The Morgan fingerprint density at radius 2 is 2.07 bits per heavy atom. The molecule has 4 rings (SSSR count). The van der Waals surface area contributed by atoms with Gasteiger partial charge in [0, 0.05) is 18.7 Å². The zero-order chi connectivity index (χ0) is 20.4. The molecular weight excluding hydrogens is 374 g/mol. The Morgan fingerprint density at radius 3 is 2.72 bits per heavy atom. The minimum absolute atomic E-state index is 0.0109. The third-order valence-corrected chi connectivity index (χ3v) is 4.74. The Hall–Kier alpha value is -3.81. The molecule has 2 amide bonds. The number of methoxy groups -OCH3 is 1. The first-order chi connectivity index (χ1) is 14.1. The van der Waals surface area contributed by atoms with E-state index in [4.69, 9.17) is 9.15 Å². The SMILES string of the molecule is COc1ccc(NC(=O)c2ccc(-c3ccco3)[nH]c2=O)cc1N1CCCC1=O. The number of aromatic nitrogens is 1. The number of aromatic amines is 1. The molecule has 1 saturated heterocycles. The molecule has 148 valence electrons. The van der Waals surface area contributed by atoms with Crippen molar-refractivity contribution in [2.45, 2.75) is 12.8 Å². The number of furan rings is 1. The Balaban J connectivity index is 1.58. The summed E-state index contributed by atoms with van der Waals surface area (Å²) in [7, 11) is 1.53. The van der Waals surface area contributed by atoms with E-state index < -0.39 is 11.5 Å². The zero-order valence-electron chi connectivity index (χ0n) is 15.7. The van der Waals surface area contributed by atoms with Gasteiger partial charge >= 0.3 is 0 Å². The molecule has 1 fully saturated rings. The van der Waals surface area contributed by atoms with Crippen molar-refractivity contribution in [2.24, 2.45) is 0 Å². The lowest BCUT2D eigenvalue weighted by molar-refractivity contribution is -0.117. The minimum Gasteiger partial charge on any atom is -0.495 e. The molecule has 8 heteroatoms. The minimum atomic E-state index is -0.555. The summed E-state index contributed by atoms with van der Waals surface area (Å²) in [5, 5.41) is 2.71. The normalized spacial score (nSPS) is 13.6. The fourth-order valence-electron chi connectivity index (χ4n) is 3.31. The van der Waals surface area contributed by atoms with Crippen LogP contribution in [-0.4, -0.2) is 30.5 Å². The molecular formula is C21H19N3O5. The highest BCUT2D eigenvalue weighted by Crippen LogP contribution is 2.34. The molecule has 1 aliphatic heterocycles. The van der Waals surface area contributed by atoms with Crippen molar-refractivity contribution in [1.82, 2.24) is 4.98 Å². The summed E-state index contributed by atoms with van der Waals surface area (Å²) in [6, 6.07) is 11.5. The number of H-pyrrole nitrogens is 1. The lowest BCUT2D eigenvalue weighted by atomic mass is 10.2. The number of nitrogens with zero attached hydrogens (tertiary/aromatic N) is 1. The van der Waals surface area contributed by atoms with Crippen molar-refractivity contribution in [3.63, 3.8) is 0 Å². The molecule has 0 saturated carbocycles. The average molecular weight is 393 g/mol. The highest BCUT2D eigenvalue weighted by molar-refractivity contribution is 6.05. The van der Waals surface area contributed by atoms with Gasteiger partial charge in [-0.2, -0.15) is 0 Å². The van der Waals surface area contributed by atoms with E-state index in [1.54, 1.807) is 41.3 Å². The summed E-state index contributed by atoms with van der Waals surface area (Å²) in [5.41, 5.74) is 0.973. The van der Waals surface area contributed by atoms with Crippen molar-refractivity contribution < 1.29 is 18.7 Å². The number of nitrogens with one attached hydrogen (secondary N) is 2. The number of hydrogen-bond donors (Lipinski definition) is 2. The molecule has 0 atom stereocenters. The van der Waals surface area contributed by atoms with E-state index in [2.05, 4.69) is 10.3 Å². The Labute approximate surface area is 166 Å². The summed E-state index contributed by atoms with van der Waals surface area (Å²) in [6.45, 7) is 0.598. The van der Waals surface area contributed by atoms with Crippen LogP contribution >= 0.6 is 0 Å². The topological polar surface area (TPSA) is 105 Å². The lowest BCUT2D eigenvalue weighted by Crippen LogP contribution is -2.25. The van der Waals surface area contributed by atoms with Gasteiger partial charge in [-0.25, -0.2) is 0 Å². The molecule has 0 radical (unpaired) electrons. The summed E-state index contributed by atoms with van der Waals surface area (Å²) in [4.78, 5) is 41.4. The smallest absolute Gasteiger partial charge is 0.261 e. The molecule has 0 bridgehead atoms. The van der Waals surface area contributed by atoms with Gasteiger partial charge in [0.1, 0.15) is 17.1 Å². The fourth-order valence-corrected chi connectivity index (χ4v) is 3.31. The van der Waals surface area contributed by atoms with E-state index in [1.165, 1.54) is 19.4 Å². The number of benzene rings is 1. The Bertz CT molecular complexity index is 1120. The summed E-state index contributed by atoms with van der Waals surface area (Å²) < 4.78 is 10.6. The maximum atomic E-state index is 12.6. The van der Waals surface area contributed by atoms with Gasteiger partial charge in [-0.1, -0.05) is 0 Å². The molecule has 3 heterocycles. The second kappa shape index (κ2) is 7.67. The summed E-state index contributed by atoms with van der Waals surface area (Å²) >= 11 is 0. The molecule has 1 aromatic carbocycles. The molecule has 2 N–H and O–H groups in total. The number of carbonyl (C=O) groups is 2. The van der Waals surface area contributed by atoms with Gasteiger partial charge in [0.15, 0.2) is 0 Å². The van der Waals surface area contributed by atoms with Crippen LogP contribution in [0.25, 0.3) is 11.5 Å². The number of rotatable bonds is 5. The maximum Gasteiger partial charge on any atom is 0.261 e. The predicted molar refractivity (Wildman–Crippen MR) is 107 cm³/mol. The van der Waals surface area contributed by atoms with Crippen LogP contribution in [0.5, 0.6) is 5.75 Å². The van der Waals surface area contributed by atoms with Crippen LogP contribution in [0.4, 0.5) is 11.4 Å². The molecule has 29 heavy (non-hydrogen) atoms. The van der Waals surface area contributed by atoms with Gasteiger partial charge in [-0.15, -0.1) is 0 Å². The van der Waals surface area contributed by atoms with Gasteiger partial charge in [0.2, 0.25) is 5.91 Å². The monoisotopic (exact) mass is 393 g/mol. The fraction of sp³-hybridized carbons (Fsp3) is 0.190. The largest absolute Gasteiger partial charge is 0.495 e. The van der Waals surface area contributed by atoms with E-state index in [0.717, 1.165) is 6.42 Å². The van der Waals surface area contributed by atoms with Crippen LogP contribution in [0.2, 0.25) is 0 Å². The highest BCUT2D eigenvalue weighted by Gasteiger charge is 2.25. The Kier molecular flexibility index (Phi) is 4.90. The standard InChI is InChI=1S/C21H19N3O5/c1-28-18-9-6-13(12-16(18)24-10-2-5-19(24)25)22-20(26)14-7-8-15(23-21(14)27)17-4-3-11-29-17/h3-4,6-9,11-12H,2,5,10H2,1H3,(H,22,26)(H,23,27). The van der Waals surface area contributed by atoms with Crippen molar-refractivity contribution in [2.75, 3.05) is 23.9 Å². The van der Waals surface area contributed by atoms with E-state index in [1.807, 2.05) is 0 Å². The Morgan fingerprint density at radius 1 is 1.21 bits per heavy atom. The van der Waals surface area contributed by atoms with Gasteiger partial charge in [-0.3, -0.25) is 14.4 Å². The van der Waals surface area contributed by atoms with Crippen molar-refractivity contribution in [3.05, 3.63) is 64.6 Å². The number of ether oxygens (including phenoxy) is 1. The van der Waals surface area contributed by atoms with E-state index in [0.29, 0.717) is 41.5 Å². The van der Waals surface area contributed by atoms with Crippen molar-refractivity contribution in [3.8, 4) is 17.2 Å². The van der Waals surface area contributed by atoms with Crippen LogP contribution in [0.15, 0.2) is 57.9 Å². The maximum absolute atomic E-state index is 12.6. The van der Waals surface area contributed by atoms with Gasteiger partial charge in [0.25, 0.3) is 11.5 Å². The van der Waals surface area contributed by atoms with Gasteiger partial charge < -0.3 is 24.4 Å². The third-order valence-electron chi connectivity index (χ3n) is 4.74. The average Bonchev–Trinajstić information content (AvgIpc) is 3.39. The molecule has 0 aliphatic carbocycles. The molecule has 2 aromatic heterocycles. The first-order valence-electron chi connectivity index (χ1n) is 9.14. The summed E-state index contributed by atoms with van der Waals surface area (Å²) in [6.07, 6.45) is 2.76. The lowest BCUT2D eigenvalue weighted by Gasteiger charge is -2.20. The van der Waals surface area contributed by atoms with E-state index in [9.17, 15) is 14.4 Å². The molecule has 1 aliphatic rings. The number of carbonyl (C=O) groups excluding carboxylic acids is 2. The van der Waals surface area contributed by atoms with Gasteiger partial charge in [0.05, 0.1) is 24.8 Å². The third kappa shape index (κ3) is 3.64. The highest BCUT2D eigenvalue weighted by atomic mass is 16.5. The number of amides is 2. The van der Waals surface area contributed by atoms with E-state index >= 15 is 0 Å². The number of pyridine rings is 1. The van der Waals surface area contributed by atoms with E-state index in [-0.39, 0.29) is 11.5 Å². The second-order valence-corrected chi connectivity index (χ2v) is 6.58. The molecule has 0 unspecified atom stereocenters.